The third-order valence-corrected chi connectivity index (χ3v) is 5.51. The quantitative estimate of drug-likeness (QED) is 0.837. The van der Waals surface area contributed by atoms with Gasteiger partial charge in [0.15, 0.2) is 0 Å². The van der Waals surface area contributed by atoms with Crippen molar-refractivity contribution in [3.63, 3.8) is 0 Å². The van der Waals surface area contributed by atoms with Gasteiger partial charge in [0.2, 0.25) is 15.9 Å². The molecule has 8 heteroatoms. The molecule has 1 unspecified atom stereocenters. The second-order valence-corrected chi connectivity index (χ2v) is 8.91. The lowest BCUT2D eigenvalue weighted by Gasteiger charge is -2.52. The Labute approximate surface area is 147 Å². The van der Waals surface area contributed by atoms with E-state index in [9.17, 15) is 17.6 Å². The number of carbonyl (C=O) groups excluding carboxylic acids is 1. The fourth-order valence-corrected chi connectivity index (χ4v) is 3.89. The Morgan fingerprint density at radius 1 is 1.44 bits per heavy atom. The Balaban J connectivity index is 1.44. The zero-order valence-corrected chi connectivity index (χ0v) is 15.0. The Morgan fingerprint density at radius 2 is 2.20 bits per heavy atom. The van der Waals surface area contributed by atoms with Crippen LogP contribution in [0, 0.1) is 11.7 Å². The summed E-state index contributed by atoms with van der Waals surface area (Å²) in [7, 11) is -3.18. The largest absolute Gasteiger partial charge is 0.371 e. The van der Waals surface area contributed by atoms with Crippen LogP contribution in [0.4, 0.5) is 4.39 Å². The number of likely N-dealkylation sites (tertiary alicyclic amines) is 1. The van der Waals surface area contributed by atoms with Gasteiger partial charge in [-0.2, -0.15) is 0 Å². The van der Waals surface area contributed by atoms with Crippen LogP contribution in [0.1, 0.15) is 18.4 Å². The molecule has 0 aromatic heterocycles. The van der Waals surface area contributed by atoms with E-state index >= 15 is 0 Å². The van der Waals surface area contributed by atoms with Gasteiger partial charge < -0.3 is 9.64 Å². The first kappa shape index (κ1) is 18.3. The Kier molecular flexibility index (Phi) is 5.13. The van der Waals surface area contributed by atoms with Crippen LogP contribution in [0.5, 0.6) is 0 Å². The SMILES string of the molecule is CS(=O)(=O)NCC1CCC2(CN(C(=O)Cc3cccc(F)c3)C2)OC1. The molecule has 2 aliphatic rings. The molecule has 1 spiro atoms. The molecule has 1 amide bonds. The highest BCUT2D eigenvalue weighted by Gasteiger charge is 2.48. The van der Waals surface area contributed by atoms with Crippen LogP contribution in [0.3, 0.4) is 0 Å². The summed E-state index contributed by atoms with van der Waals surface area (Å²) < 4.78 is 43.9. The van der Waals surface area contributed by atoms with Crippen LogP contribution in [0.15, 0.2) is 24.3 Å². The molecule has 138 valence electrons. The monoisotopic (exact) mass is 370 g/mol. The van der Waals surface area contributed by atoms with Crippen molar-refractivity contribution in [3.05, 3.63) is 35.6 Å². The minimum absolute atomic E-state index is 0.0271. The van der Waals surface area contributed by atoms with Crippen LogP contribution in [0.25, 0.3) is 0 Å². The number of hydrogen-bond acceptors (Lipinski definition) is 4. The number of ether oxygens (including phenoxy) is 1. The highest BCUT2D eigenvalue weighted by Crippen LogP contribution is 2.36. The smallest absolute Gasteiger partial charge is 0.227 e. The topological polar surface area (TPSA) is 75.7 Å². The van der Waals surface area contributed by atoms with Gasteiger partial charge in [-0.1, -0.05) is 12.1 Å². The maximum atomic E-state index is 13.2. The number of nitrogens with zero attached hydrogens (tertiary/aromatic N) is 1. The lowest BCUT2D eigenvalue weighted by molar-refractivity contribution is -0.187. The van der Waals surface area contributed by atoms with E-state index in [1.54, 1.807) is 17.0 Å². The van der Waals surface area contributed by atoms with Crippen molar-refractivity contribution in [2.75, 3.05) is 32.5 Å². The molecule has 2 saturated heterocycles. The second-order valence-electron chi connectivity index (χ2n) is 7.08. The van der Waals surface area contributed by atoms with Crippen molar-refractivity contribution in [1.29, 1.82) is 0 Å². The van der Waals surface area contributed by atoms with E-state index in [4.69, 9.17) is 4.74 Å². The molecule has 2 aliphatic heterocycles. The molecular weight excluding hydrogens is 347 g/mol. The van der Waals surface area contributed by atoms with E-state index in [-0.39, 0.29) is 29.7 Å². The minimum Gasteiger partial charge on any atom is -0.371 e. The molecule has 1 aromatic rings. The zero-order valence-electron chi connectivity index (χ0n) is 14.2. The molecule has 2 heterocycles. The summed E-state index contributed by atoms with van der Waals surface area (Å²) in [6, 6.07) is 6.08. The number of benzene rings is 1. The summed E-state index contributed by atoms with van der Waals surface area (Å²) in [6.07, 6.45) is 3.02. The van der Waals surface area contributed by atoms with E-state index in [0.717, 1.165) is 19.1 Å². The number of rotatable bonds is 5. The normalized spacial score (nSPS) is 22.6. The van der Waals surface area contributed by atoms with E-state index in [0.29, 0.717) is 31.8 Å². The number of halogens is 1. The summed E-state index contributed by atoms with van der Waals surface area (Å²) in [6.45, 7) is 1.98. The van der Waals surface area contributed by atoms with E-state index in [1.807, 2.05) is 0 Å². The van der Waals surface area contributed by atoms with Crippen molar-refractivity contribution in [2.45, 2.75) is 24.9 Å². The predicted molar refractivity (Wildman–Crippen MR) is 90.9 cm³/mol. The number of carbonyl (C=O) groups is 1. The molecule has 0 aliphatic carbocycles. The van der Waals surface area contributed by atoms with Gasteiger partial charge in [0, 0.05) is 6.54 Å². The highest BCUT2D eigenvalue weighted by molar-refractivity contribution is 7.88. The third-order valence-electron chi connectivity index (χ3n) is 4.82. The minimum atomic E-state index is -3.18. The summed E-state index contributed by atoms with van der Waals surface area (Å²) in [4.78, 5) is 14.0. The van der Waals surface area contributed by atoms with Gasteiger partial charge in [-0.15, -0.1) is 0 Å². The van der Waals surface area contributed by atoms with Crippen molar-refractivity contribution in [2.24, 2.45) is 5.92 Å². The molecule has 0 radical (unpaired) electrons. The maximum absolute atomic E-state index is 13.2. The number of amides is 1. The number of sulfonamides is 1. The molecule has 1 aromatic carbocycles. The van der Waals surface area contributed by atoms with Gasteiger partial charge >= 0.3 is 0 Å². The number of nitrogens with one attached hydrogen (secondary N) is 1. The van der Waals surface area contributed by atoms with Gasteiger partial charge in [0.1, 0.15) is 11.4 Å². The first-order valence-corrected chi connectivity index (χ1v) is 10.2. The molecule has 1 N–H and O–H groups in total. The lowest BCUT2D eigenvalue weighted by atomic mass is 9.82. The molecule has 2 fully saturated rings. The zero-order chi connectivity index (χ0) is 18.1. The Hall–Kier alpha value is -1.51. The van der Waals surface area contributed by atoms with Gasteiger partial charge in [-0.25, -0.2) is 17.5 Å². The Morgan fingerprint density at radius 3 is 2.80 bits per heavy atom. The summed E-state index contributed by atoms with van der Waals surface area (Å²) >= 11 is 0. The van der Waals surface area contributed by atoms with Gasteiger partial charge in [-0.3, -0.25) is 4.79 Å². The van der Waals surface area contributed by atoms with E-state index < -0.39 is 10.0 Å². The van der Waals surface area contributed by atoms with Crippen molar-refractivity contribution >= 4 is 15.9 Å². The average molecular weight is 370 g/mol. The Bertz CT molecular complexity index is 737. The molecule has 0 bridgehead atoms. The average Bonchev–Trinajstić information content (AvgIpc) is 2.50. The fourth-order valence-electron chi connectivity index (χ4n) is 3.36. The van der Waals surface area contributed by atoms with Crippen LogP contribution in [-0.4, -0.2) is 57.3 Å². The van der Waals surface area contributed by atoms with Gasteiger partial charge in [-0.05, 0) is 36.5 Å². The summed E-state index contributed by atoms with van der Waals surface area (Å²) in [5.74, 6) is -0.201. The molecule has 1 atom stereocenters. The summed E-state index contributed by atoms with van der Waals surface area (Å²) in [5.41, 5.74) is 0.376. The van der Waals surface area contributed by atoms with Crippen LogP contribution in [0.2, 0.25) is 0 Å². The molecule has 6 nitrogen and oxygen atoms in total. The first-order valence-electron chi connectivity index (χ1n) is 8.36. The second kappa shape index (κ2) is 7.01. The maximum Gasteiger partial charge on any atom is 0.227 e. The van der Waals surface area contributed by atoms with Gasteiger partial charge in [0.05, 0.1) is 32.4 Å². The van der Waals surface area contributed by atoms with Crippen LogP contribution < -0.4 is 4.72 Å². The summed E-state index contributed by atoms with van der Waals surface area (Å²) in [5, 5.41) is 0. The van der Waals surface area contributed by atoms with Crippen molar-refractivity contribution < 1.29 is 22.3 Å². The molecule has 25 heavy (non-hydrogen) atoms. The molecule has 3 rings (SSSR count). The lowest BCUT2D eigenvalue weighted by Crippen LogP contribution is -2.66. The van der Waals surface area contributed by atoms with Crippen LogP contribution >= 0.6 is 0 Å². The van der Waals surface area contributed by atoms with E-state index in [2.05, 4.69) is 4.72 Å². The highest BCUT2D eigenvalue weighted by atomic mass is 32.2. The fraction of sp³-hybridized carbons (Fsp3) is 0.588. The predicted octanol–water partition coefficient (Wildman–Crippen LogP) is 0.925. The van der Waals surface area contributed by atoms with Crippen molar-refractivity contribution in [3.8, 4) is 0 Å². The first-order chi connectivity index (χ1) is 11.7. The molecular formula is C17H23FN2O4S. The standard InChI is InChI=1S/C17H23FN2O4S/c1-25(22,23)19-9-14-5-6-17(24-10-14)11-20(12-17)16(21)8-13-3-2-4-15(18)7-13/h2-4,7,14,19H,5-6,8-12H2,1H3. The van der Waals surface area contributed by atoms with E-state index in [1.165, 1.54) is 12.1 Å². The third kappa shape index (κ3) is 4.77. The van der Waals surface area contributed by atoms with Crippen molar-refractivity contribution in [1.82, 2.24) is 9.62 Å². The number of hydrogen-bond donors (Lipinski definition) is 1. The van der Waals surface area contributed by atoms with Gasteiger partial charge in [0.25, 0.3) is 0 Å². The molecule has 0 saturated carbocycles. The van der Waals surface area contributed by atoms with Crippen LogP contribution in [-0.2, 0) is 26.0 Å².